The van der Waals surface area contributed by atoms with Crippen molar-refractivity contribution in [3.63, 3.8) is 0 Å². The summed E-state index contributed by atoms with van der Waals surface area (Å²) in [5.74, 6) is 0.399. The molecule has 1 aliphatic heterocycles. The summed E-state index contributed by atoms with van der Waals surface area (Å²) >= 11 is 1.07. The van der Waals surface area contributed by atoms with Crippen molar-refractivity contribution in [3.8, 4) is 0 Å². The number of nitrogens with zero attached hydrogens (tertiary/aromatic N) is 1. The van der Waals surface area contributed by atoms with E-state index in [0.29, 0.717) is 0 Å². The monoisotopic (exact) mass is 213 g/mol. The van der Waals surface area contributed by atoms with Gasteiger partial charge in [0.15, 0.2) is 0 Å². The van der Waals surface area contributed by atoms with Crippen LogP contribution in [0.2, 0.25) is 0 Å². The fraction of sp³-hybridized carbons (Fsp3) is 0.600. The number of amides is 2. The summed E-state index contributed by atoms with van der Waals surface area (Å²) in [4.78, 5) is 24.3. The maximum Gasteiger partial charge on any atom is 0.289 e. The average Bonchev–Trinajstić information content (AvgIpc) is 2.34. The van der Waals surface area contributed by atoms with Crippen LogP contribution in [0.15, 0.2) is 12.2 Å². The van der Waals surface area contributed by atoms with Crippen molar-refractivity contribution in [3.05, 3.63) is 12.2 Å². The molecule has 1 rings (SSSR count). The predicted octanol–water partition coefficient (Wildman–Crippen LogP) is 2.28. The zero-order chi connectivity index (χ0) is 10.9. The van der Waals surface area contributed by atoms with Gasteiger partial charge in [0.1, 0.15) is 0 Å². The smallest absolute Gasteiger partial charge is 0.273 e. The first kappa shape index (κ1) is 11.3. The molecule has 0 unspecified atom stereocenters. The van der Waals surface area contributed by atoms with E-state index in [4.69, 9.17) is 0 Å². The summed E-state index contributed by atoms with van der Waals surface area (Å²) in [5.41, 5.74) is 0.865. The van der Waals surface area contributed by atoms with E-state index in [9.17, 15) is 9.59 Å². The minimum Gasteiger partial charge on any atom is -0.273 e. The Hall–Kier alpha value is -0.770. The van der Waals surface area contributed by atoms with Gasteiger partial charge in [-0.15, -0.1) is 0 Å². The Balaban J connectivity index is 2.92. The minimum atomic E-state index is -0.148. The molecular weight excluding hydrogens is 198 g/mol. The molecule has 0 saturated carbocycles. The Morgan fingerprint density at radius 2 is 2.07 bits per heavy atom. The first-order valence-electron chi connectivity index (χ1n) is 4.59. The summed E-state index contributed by atoms with van der Waals surface area (Å²) in [6, 6.07) is -0.148. The zero-order valence-electron chi connectivity index (χ0n) is 8.74. The maximum absolute atomic E-state index is 11.5. The quantitative estimate of drug-likeness (QED) is 0.675. The van der Waals surface area contributed by atoms with Crippen LogP contribution in [0.4, 0.5) is 4.79 Å². The number of carbonyl (C=O) groups excluding carboxylic acids is 2. The number of thioether (sulfide) groups is 1. The minimum absolute atomic E-state index is 0.0956. The Bertz CT molecular complexity index is 270. The van der Waals surface area contributed by atoms with E-state index in [1.807, 2.05) is 20.8 Å². The third kappa shape index (κ3) is 2.00. The van der Waals surface area contributed by atoms with Gasteiger partial charge in [0.05, 0.1) is 11.8 Å². The Morgan fingerprint density at radius 3 is 2.36 bits per heavy atom. The van der Waals surface area contributed by atoms with E-state index in [-0.39, 0.29) is 28.9 Å². The largest absolute Gasteiger partial charge is 0.289 e. The predicted molar refractivity (Wildman–Crippen MR) is 58.1 cm³/mol. The Labute approximate surface area is 88.5 Å². The van der Waals surface area contributed by atoms with Gasteiger partial charge >= 0.3 is 0 Å². The third-order valence-corrected chi connectivity index (χ3v) is 3.03. The summed E-state index contributed by atoms with van der Waals surface area (Å²) in [5, 5.41) is -0.142. The van der Waals surface area contributed by atoms with Crippen molar-refractivity contribution >= 4 is 22.9 Å². The number of imide groups is 1. The lowest BCUT2D eigenvalue weighted by Gasteiger charge is -2.29. The highest BCUT2D eigenvalue weighted by Crippen LogP contribution is 2.27. The van der Waals surface area contributed by atoms with Gasteiger partial charge in [0.25, 0.3) is 5.24 Å². The van der Waals surface area contributed by atoms with Crippen LogP contribution in [0.3, 0.4) is 0 Å². The van der Waals surface area contributed by atoms with Crippen LogP contribution in [0, 0.1) is 5.92 Å². The number of rotatable bonds is 3. The van der Waals surface area contributed by atoms with E-state index < -0.39 is 0 Å². The molecule has 1 saturated heterocycles. The first-order valence-corrected chi connectivity index (χ1v) is 5.58. The van der Waals surface area contributed by atoms with E-state index in [2.05, 4.69) is 6.58 Å². The molecule has 2 amide bonds. The van der Waals surface area contributed by atoms with Crippen LogP contribution in [0.1, 0.15) is 20.8 Å². The molecule has 1 heterocycles. The van der Waals surface area contributed by atoms with Gasteiger partial charge in [-0.1, -0.05) is 37.8 Å². The van der Waals surface area contributed by atoms with E-state index in [0.717, 1.165) is 17.3 Å². The topological polar surface area (TPSA) is 37.4 Å². The molecule has 3 nitrogen and oxygen atoms in total. The van der Waals surface area contributed by atoms with Crippen LogP contribution in [0.5, 0.6) is 0 Å². The molecule has 0 spiro atoms. The number of carbonyl (C=O) groups is 2. The second kappa shape index (κ2) is 4.17. The molecule has 0 aromatic carbocycles. The number of hydrogen-bond acceptors (Lipinski definition) is 3. The molecule has 78 valence electrons. The Morgan fingerprint density at radius 1 is 1.50 bits per heavy atom. The van der Waals surface area contributed by atoms with E-state index in [1.165, 1.54) is 4.90 Å². The molecule has 1 fully saturated rings. The van der Waals surface area contributed by atoms with Crippen LogP contribution < -0.4 is 0 Å². The summed E-state index contributed by atoms with van der Waals surface area (Å²) in [7, 11) is 0. The maximum atomic E-state index is 11.5. The van der Waals surface area contributed by atoms with Crippen LogP contribution >= 0.6 is 11.8 Å². The van der Waals surface area contributed by atoms with Crippen molar-refractivity contribution in [2.24, 2.45) is 5.92 Å². The molecule has 0 radical (unpaired) electrons. The van der Waals surface area contributed by atoms with Gasteiger partial charge in [0.2, 0.25) is 5.91 Å². The molecule has 1 aliphatic rings. The van der Waals surface area contributed by atoms with Crippen molar-refractivity contribution in [2.75, 3.05) is 5.75 Å². The fourth-order valence-electron chi connectivity index (χ4n) is 1.72. The van der Waals surface area contributed by atoms with E-state index >= 15 is 0 Å². The SMILES string of the molecule is C=C(C)[C@H](C(C)C)N1C(=O)CSC1=O. The molecule has 1 atom stereocenters. The first-order chi connectivity index (χ1) is 6.45. The lowest BCUT2D eigenvalue weighted by Crippen LogP contribution is -2.42. The van der Waals surface area contributed by atoms with Gasteiger partial charge in [-0.2, -0.15) is 0 Å². The van der Waals surface area contributed by atoms with Crippen molar-refractivity contribution in [1.29, 1.82) is 0 Å². The molecule has 0 aliphatic carbocycles. The molecule has 0 bridgehead atoms. The zero-order valence-corrected chi connectivity index (χ0v) is 9.56. The third-order valence-electron chi connectivity index (χ3n) is 2.20. The highest BCUT2D eigenvalue weighted by Gasteiger charge is 2.37. The van der Waals surface area contributed by atoms with Crippen molar-refractivity contribution in [1.82, 2.24) is 4.90 Å². The van der Waals surface area contributed by atoms with Crippen LogP contribution in [-0.2, 0) is 4.79 Å². The lowest BCUT2D eigenvalue weighted by atomic mass is 9.97. The molecule has 0 aromatic heterocycles. The second-order valence-corrected chi connectivity index (χ2v) is 4.78. The average molecular weight is 213 g/mol. The molecule has 14 heavy (non-hydrogen) atoms. The normalized spacial score (nSPS) is 19.3. The highest BCUT2D eigenvalue weighted by atomic mass is 32.2. The standard InChI is InChI=1S/C10H15NO2S/c1-6(2)9(7(3)4)11-8(12)5-14-10(11)13/h7,9H,1,5H2,2-4H3/t9-/m1/s1. The van der Waals surface area contributed by atoms with Gasteiger partial charge in [-0.05, 0) is 12.8 Å². The van der Waals surface area contributed by atoms with Crippen molar-refractivity contribution in [2.45, 2.75) is 26.8 Å². The summed E-state index contributed by atoms with van der Waals surface area (Å²) < 4.78 is 0. The molecule has 0 N–H and O–H groups in total. The second-order valence-electron chi connectivity index (χ2n) is 3.85. The lowest BCUT2D eigenvalue weighted by molar-refractivity contribution is -0.126. The fourth-order valence-corrected chi connectivity index (χ4v) is 2.46. The number of hydrogen-bond donors (Lipinski definition) is 0. The van der Waals surface area contributed by atoms with Gasteiger partial charge in [-0.25, -0.2) is 0 Å². The Kier molecular flexibility index (Phi) is 3.37. The van der Waals surface area contributed by atoms with Crippen LogP contribution in [-0.4, -0.2) is 27.8 Å². The van der Waals surface area contributed by atoms with Crippen LogP contribution in [0.25, 0.3) is 0 Å². The molecule has 4 heteroatoms. The summed E-state index contributed by atoms with van der Waals surface area (Å²) in [6.07, 6.45) is 0. The van der Waals surface area contributed by atoms with Gasteiger partial charge in [-0.3, -0.25) is 14.5 Å². The van der Waals surface area contributed by atoms with Gasteiger partial charge < -0.3 is 0 Å². The summed E-state index contributed by atoms with van der Waals surface area (Å²) in [6.45, 7) is 9.67. The molecule has 0 aromatic rings. The van der Waals surface area contributed by atoms with Crippen molar-refractivity contribution < 1.29 is 9.59 Å². The van der Waals surface area contributed by atoms with E-state index in [1.54, 1.807) is 0 Å². The van der Waals surface area contributed by atoms with Gasteiger partial charge in [0, 0.05) is 0 Å². The highest BCUT2D eigenvalue weighted by molar-refractivity contribution is 8.14. The molecular formula is C10H15NO2S.